The van der Waals surface area contributed by atoms with E-state index in [2.05, 4.69) is 5.32 Å². The van der Waals surface area contributed by atoms with Crippen molar-refractivity contribution in [1.82, 2.24) is 5.32 Å². The van der Waals surface area contributed by atoms with Crippen LogP contribution >= 0.6 is 0 Å². The fourth-order valence-corrected chi connectivity index (χ4v) is 7.63. The van der Waals surface area contributed by atoms with Crippen LogP contribution in [0.1, 0.15) is 6.92 Å². The average Bonchev–Trinajstić information content (AvgIpc) is 3.39. The van der Waals surface area contributed by atoms with Gasteiger partial charge in [0, 0.05) is 23.6 Å². The third kappa shape index (κ3) is 19.2. The summed E-state index contributed by atoms with van der Waals surface area (Å²) in [5.41, 5.74) is 24.5. The van der Waals surface area contributed by atoms with Crippen molar-refractivity contribution in [3.63, 3.8) is 0 Å². The van der Waals surface area contributed by atoms with E-state index >= 15 is 0 Å². The Morgan fingerprint density at radius 2 is 0.577 bits per heavy atom. The Morgan fingerprint density at radius 3 is 0.795 bits per heavy atom. The molecule has 29 N–H and O–H groups in total. The molecule has 78 heavy (non-hydrogen) atoms. The Balaban J connectivity index is 0.000000469. The van der Waals surface area contributed by atoms with Crippen LogP contribution in [0, 0.1) is 0 Å². The van der Waals surface area contributed by atoms with E-state index in [1.165, 1.54) is 25.2 Å². The summed E-state index contributed by atoms with van der Waals surface area (Å²) in [5.74, 6) is -0.405. The molecule has 0 aliphatic heterocycles. The number of nitrogens with one attached hydrogen (secondary N) is 1. The van der Waals surface area contributed by atoms with E-state index in [1.54, 1.807) is 0 Å². The first-order valence-electron chi connectivity index (χ1n) is 23.1. The molecule has 0 bridgehead atoms. The maximum atomic E-state index is 12.4. The number of rotatable bonds is 7. The third-order valence-electron chi connectivity index (χ3n) is 12.5. The summed E-state index contributed by atoms with van der Waals surface area (Å²) in [5, 5.41) is 167. The van der Waals surface area contributed by atoms with Gasteiger partial charge in [-0.2, -0.15) is 0 Å². The highest BCUT2D eigenvalue weighted by Crippen LogP contribution is 2.27. The van der Waals surface area contributed by atoms with Crippen molar-refractivity contribution in [2.24, 2.45) is 28.7 Å². The van der Waals surface area contributed by atoms with Crippen LogP contribution in [0.15, 0.2) is 69.9 Å². The lowest BCUT2D eigenvalue weighted by Gasteiger charge is -2.34. The molecule has 0 spiro atoms. The summed E-state index contributed by atoms with van der Waals surface area (Å²) >= 11 is 0. The molecule has 454 valence electrons. The topological polar surface area (TPSA) is 523 Å². The van der Waals surface area contributed by atoms with Crippen molar-refractivity contribution in [3.05, 3.63) is 69.9 Å². The first-order valence-corrected chi connectivity index (χ1v) is 23.1. The fraction of sp³-hybridized carbons (Fsp3) is 0.705. The van der Waals surface area contributed by atoms with E-state index in [0.29, 0.717) is 0 Å². The number of hydrogen-bond acceptors (Lipinski definition) is 24. The molecule has 6 rings (SSSR count). The molecule has 24 atom stereocenters. The first kappa shape index (κ1) is 72.4. The summed E-state index contributed by atoms with van der Waals surface area (Å²) in [7, 11) is 0. The summed E-state index contributed by atoms with van der Waals surface area (Å²) in [6.45, 7) is -1.41. The second-order valence-electron chi connectivity index (χ2n) is 18.2. The Labute approximate surface area is 437 Å². The molecule has 1 amide bonds. The van der Waals surface area contributed by atoms with Crippen LogP contribution in [0.3, 0.4) is 0 Å². The number of amides is 1. The summed E-state index contributed by atoms with van der Waals surface area (Å²) in [6.07, 6.45) is -28.8. The summed E-state index contributed by atoms with van der Waals surface area (Å²) < 4.78 is 110. The van der Waals surface area contributed by atoms with E-state index < -0.39 is 208 Å². The number of aliphatic hydroxyl groups excluding tert-OH is 18. The predicted molar refractivity (Wildman–Crippen MR) is 250 cm³/mol. The standard InChI is InChI=1S/C9H14FNO4.3C7H11F2NO3.2C7H12FNO3/c1-4(12)11-6-2-5(3-10)7(13)9(15)8(6)14;3*8-7(9)2-1-3(10)5(12)6(13)4(2)11;2*8-2-3-1-4(9)6(11)7(12)5(3)10/h2,6-9,13-15H,3H2,1H3,(H,11,12);3*1,3-7,11-13H,10H2;2*1,4-7,10-12H,2,9H2/t6-,7+,8+,9-;3?,4-,5-,6-;3-,4+,5+,6+;3-,4-,5-,6-;4-,5+,6+,7+;4-,5-,6-,7-/m001010/s1. The molecule has 6 aliphatic rings. The molecule has 0 heterocycles. The largest absolute Gasteiger partial charge is 0.388 e. The van der Waals surface area contributed by atoms with Crippen molar-refractivity contribution >= 4 is 5.91 Å². The summed E-state index contributed by atoms with van der Waals surface area (Å²) in [6, 6.07) is -5.69. The van der Waals surface area contributed by atoms with E-state index in [1.807, 2.05) is 0 Å². The number of alkyl halides is 9. The molecular weight excluding hydrogens is 1090 g/mol. The van der Waals surface area contributed by atoms with E-state index in [4.69, 9.17) is 105 Å². The van der Waals surface area contributed by atoms with Gasteiger partial charge in [-0.25, -0.2) is 39.5 Å². The van der Waals surface area contributed by atoms with Crippen LogP contribution < -0.4 is 34.0 Å². The second kappa shape index (κ2) is 32.7. The van der Waals surface area contributed by atoms with Crippen molar-refractivity contribution in [2.75, 3.05) is 20.0 Å². The van der Waals surface area contributed by atoms with Gasteiger partial charge in [-0.3, -0.25) is 4.79 Å². The molecule has 0 radical (unpaired) electrons. The van der Waals surface area contributed by atoms with Crippen molar-refractivity contribution in [3.8, 4) is 0 Å². The molecule has 6 aliphatic carbocycles. The lowest BCUT2D eigenvalue weighted by atomic mass is 9.88. The highest BCUT2D eigenvalue weighted by atomic mass is 19.3. The van der Waals surface area contributed by atoms with Crippen molar-refractivity contribution < 1.29 is 136 Å². The highest BCUT2D eigenvalue weighted by molar-refractivity contribution is 5.73. The van der Waals surface area contributed by atoms with Crippen LogP contribution in [0.25, 0.3) is 0 Å². The molecule has 1 unspecified atom stereocenters. The monoisotopic (exact) mass is 1160 g/mol. The van der Waals surface area contributed by atoms with Gasteiger partial charge in [-0.15, -0.1) is 0 Å². The van der Waals surface area contributed by atoms with Gasteiger partial charge >= 0.3 is 0 Å². The number of halogens is 9. The second-order valence-corrected chi connectivity index (χ2v) is 18.2. The maximum Gasteiger partial charge on any atom is 0.262 e. The molecule has 0 aromatic rings. The van der Waals surface area contributed by atoms with E-state index in [-0.39, 0.29) is 16.7 Å². The third-order valence-corrected chi connectivity index (χ3v) is 12.5. The van der Waals surface area contributed by atoms with Gasteiger partial charge in [0.25, 0.3) is 19.3 Å². The Hall–Kier alpha value is -3.64. The zero-order valence-corrected chi connectivity index (χ0v) is 40.9. The highest BCUT2D eigenvalue weighted by Gasteiger charge is 2.42. The molecule has 0 fully saturated rings. The Morgan fingerprint density at radius 1 is 0.372 bits per heavy atom. The van der Waals surface area contributed by atoms with Crippen LogP contribution in [-0.4, -0.2) is 283 Å². The minimum absolute atomic E-state index is 0.0281. The number of nitrogens with two attached hydrogens (primary N) is 5. The minimum Gasteiger partial charge on any atom is -0.388 e. The van der Waals surface area contributed by atoms with Gasteiger partial charge < -0.3 is 126 Å². The van der Waals surface area contributed by atoms with Gasteiger partial charge in [0.15, 0.2) is 0 Å². The summed E-state index contributed by atoms with van der Waals surface area (Å²) in [4.78, 5) is 10.8. The maximum absolute atomic E-state index is 12.4. The lowest BCUT2D eigenvalue weighted by molar-refractivity contribution is -0.122. The van der Waals surface area contributed by atoms with Gasteiger partial charge in [-0.1, -0.05) is 36.5 Å². The minimum atomic E-state index is -2.87. The van der Waals surface area contributed by atoms with Crippen LogP contribution in [0.5, 0.6) is 0 Å². The van der Waals surface area contributed by atoms with Crippen molar-refractivity contribution in [1.29, 1.82) is 0 Å². The number of aliphatic hydroxyl groups is 18. The quantitative estimate of drug-likeness (QED) is 0.0831. The Kier molecular flexibility index (Phi) is 30.4. The lowest BCUT2D eigenvalue weighted by Crippen LogP contribution is -2.54. The molecule has 0 aromatic heterocycles. The number of hydrogen-bond donors (Lipinski definition) is 24. The zero-order valence-electron chi connectivity index (χ0n) is 40.9. The van der Waals surface area contributed by atoms with Crippen LogP contribution in [0.2, 0.25) is 0 Å². The smallest absolute Gasteiger partial charge is 0.262 e. The molecule has 34 heteroatoms. The van der Waals surface area contributed by atoms with Gasteiger partial charge in [0.2, 0.25) is 5.91 Å². The number of carbonyl (C=O) groups is 1. The molecule has 0 saturated heterocycles. The van der Waals surface area contributed by atoms with Gasteiger partial charge in [-0.05, 0) is 16.7 Å². The zero-order chi connectivity index (χ0) is 60.7. The average molecular weight is 1160 g/mol. The molecule has 0 aromatic carbocycles. The van der Waals surface area contributed by atoms with Gasteiger partial charge in [0.1, 0.15) is 130 Å². The van der Waals surface area contributed by atoms with Crippen molar-refractivity contribution in [2.45, 2.75) is 172 Å². The van der Waals surface area contributed by atoms with Crippen LogP contribution in [-0.2, 0) is 4.79 Å². The predicted octanol–water partition coefficient (Wildman–Crippen LogP) is -9.10. The first-order chi connectivity index (χ1) is 36.0. The van der Waals surface area contributed by atoms with E-state index in [9.17, 15) is 59.6 Å². The fourth-order valence-electron chi connectivity index (χ4n) is 7.63. The molecule has 0 saturated carbocycles. The van der Waals surface area contributed by atoms with Crippen LogP contribution in [0.4, 0.5) is 39.5 Å². The molecule has 25 nitrogen and oxygen atoms in total. The number of carbonyl (C=O) groups excluding carboxylic acids is 1. The Bertz CT molecular complexity index is 1910. The van der Waals surface area contributed by atoms with Gasteiger partial charge in [0.05, 0.1) is 36.3 Å². The molecular formula is C44H71F9N6O19. The normalized spacial score (nSPS) is 40.4. The SMILES string of the molecule is CC(=O)N[C@H]1C=C(CF)[C@@H](O)[C@H](O)[C@@H]1O.NC1C=C(C(F)F)[C@H](O)[C@H](O)[C@H]1O.N[C@@H]1C=C(C(F)F)[C@H](O)[C@H](O)[C@H]1O.N[C@@H]1C=C(CF)[C@H](O)[C@H](O)[C@H]1O.N[C@H]1C=C(C(F)F)[C@H](O)[C@H](O)[C@H]1O.N[C@H]1C=C(CF)[C@H](O)[C@H](O)[C@H]1O. The van der Waals surface area contributed by atoms with E-state index in [0.717, 1.165) is 18.2 Å².